The van der Waals surface area contributed by atoms with E-state index in [0.717, 1.165) is 13.1 Å². The highest BCUT2D eigenvalue weighted by atomic mass is 16.3. The Morgan fingerprint density at radius 1 is 1.10 bits per heavy atom. The Morgan fingerprint density at radius 3 is 1.30 bits per heavy atom. The largest absolute Gasteiger partial charge is 0.388 e. The molecule has 1 aliphatic rings. The molecule has 2 heteroatoms. The van der Waals surface area contributed by atoms with E-state index >= 15 is 0 Å². The van der Waals surface area contributed by atoms with Crippen molar-refractivity contribution < 1.29 is 5.11 Å². The van der Waals surface area contributed by atoms with E-state index in [1.165, 1.54) is 0 Å². The second kappa shape index (κ2) is 7.03. The lowest BCUT2D eigenvalue weighted by atomic mass is 10.0. The Kier molecular flexibility index (Phi) is 8.85. The monoisotopic (exact) mass is 147 g/mol. The molecule has 0 radical (unpaired) electrons. The molecule has 0 aromatic carbocycles. The highest BCUT2D eigenvalue weighted by Gasteiger charge is 2.27. The van der Waals surface area contributed by atoms with E-state index in [2.05, 4.69) is 5.32 Å². The number of β-amino-alcohol motifs (C(OH)–C–C–N with tert-alkyl or cyclic N) is 1. The predicted octanol–water partition coefficient (Wildman–Crippen LogP) is 1.39. The van der Waals surface area contributed by atoms with E-state index in [4.69, 9.17) is 5.11 Å². The molecular formula is C8H21NO. The molecule has 2 N–H and O–H groups in total. The van der Waals surface area contributed by atoms with Crippen LogP contribution in [0.4, 0.5) is 0 Å². The first-order valence-corrected chi connectivity index (χ1v) is 4.14. The molecule has 10 heavy (non-hydrogen) atoms. The third kappa shape index (κ3) is 6.05. The Hall–Kier alpha value is -0.0800. The molecule has 0 atom stereocenters. The van der Waals surface area contributed by atoms with E-state index in [1.807, 2.05) is 34.6 Å². The van der Waals surface area contributed by atoms with E-state index in [0.29, 0.717) is 0 Å². The normalized spacial score (nSPS) is 18.6. The van der Waals surface area contributed by atoms with Crippen LogP contribution in [-0.2, 0) is 0 Å². The molecule has 0 saturated carbocycles. The van der Waals surface area contributed by atoms with Crippen LogP contribution in [0.5, 0.6) is 0 Å². The quantitative estimate of drug-likeness (QED) is 0.542. The van der Waals surface area contributed by atoms with Crippen LogP contribution in [0.25, 0.3) is 0 Å². The fraction of sp³-hybridized carbons (Fsp3) is 1.00. The van der Waals surface area contributed by atoms with Crippen molar-refractivity contribution in [2.24, 2.45) is 0 Å². The summed E-state index contributed by atoms with van der Waals surface area (Å²) in [6, 6.07) is 0. The Balaban J connectivity index is 0. The minimum Gasteiger partial charge on any atom is -0.388 e. The van der Waals surface area contributed by atoms with Gasteiger partial charge in [0.15, 0.2) is 0 Å². The second-order valence-corrected chi connectivity index (χ2v) is 2.10. The highest BCUT2D eigenvalue weighted by molar-refractivity contribution is 4.87. The number of aliphatic hydroxyl groups is 1. The topological polar surface area (TPSA) is 32.3 Å². The Labute approximate surface area is 64.6 Å². The lowest BCUT2D eigenvalue weighted by Crippen LogP contribution is -2.57. The lowest BCUT2D eigenvalue weighted by Gasteiger charge is -2.33. The van der Waals surface area contributed by atoms with Crippen molar-refractivity contribution in [3.05, 3.63) is 0 Å². The third-order valence-electron chi connectivity index (χ3n) is 1.01. The molecule has 0 unspecified atom stereocenters. The van der Waals surface area contributed by atoms with Crippen LogP contribution in [-0.4, -0.2) is 23.8 Å². The molecule has 1 fully saturated rings. The van der Waals surface area contributed by atoms with Crippen LogP contribution in [0.1, 0.15) is 34.6 Å². The van der Waals surface area contributed by atoms with Crippen LogP contribution < -0.4 is 5.32 Å². The molecule has 0 amide bonds. The molecule has 1 aliphatic heterocycles. The summed E-state index contributed by atoms with van der Waals surface area (Å²) in [5.74, 6) is 0. The van der Waals surface area contributed by atoms with Crippen molar-refractivity contribution in [1.82, 2.24) is 5.32 Å². The van der Waals surface area contributed by atoms with Gasteiger partial charge in [-0.2, -0.15) is 0 Å². The molecule has 64 valence electrons. The maximum absolute atomic E-state index is 8.85. The first kappa shape index (κ1) is 12.6. The van der Waals surface area contributed by atoms with Gasteiger partial charge in [0, 0.05) is 13.1 Å². The zero-order valence-electron chi connectivity index (χ0n) is 7.86. The van der Waals surface area contributed by atoms with Crippen LogP contribution in [0, 0.1) is 0 Å². The molecular weight excluding hydrogens is 126 g/mol. The van der Waals surface area contributed by atoms with E-state index < -0.39 is 0 Å². The number of nitrogens with one attached hydrogen (secondary N) is 1. The lowest BCUT2D eigenvalue weighted by molar-refractivity contribution is 0.00878. The van der Waals surface area contributed by atoms with Gasteiger partial charge in [-0.05, 0) is 6.92 Å². The van der Waals surface area contributed by atoms with E-state index in [-0.39, 0.29) is 5.60 Å². The summed E-state index contributed by atoms with van der Waals surface area (Å²) in [5.41, 5.74) is -0.389. The minimum absolute atomic E-state index is 0.389. The smallest absolute Gasteiger partial charge is 0.0867 e. The summed E-state index contributed by atoms with van der Waals surface area (Å²) in [5, 5.41) is 11.8. The first-order chi connectivity index (χ1) is 4.71. The number of hydrogen-bond acceptors (Lipinski definition) is 2. The van der Waals surface area contributed by atoms with Gasteiger partial charge >= 0.3 is 0 Å². The van der Waals surface area contributed by atoms with Crippen LogP contribution in [0.2, 0.25) is 0 Å². The molecule has 0 aromatic heterocycles. The van der Waals surface area contributed by atoms with Gasteiger partial charge in [0.2, 0.25) is 0 Å². The predicted molar refractivity (Wildman–Crippen MR) is 46.2 cm³/mol. The van der Waals surface area contributed by atoms with Crippen molar-refractivity contribution in [1.29, 1.82) is 0 Å². The highest BCUT2D eigenvalue weighted by Crippen LogP contribution is 2.05. The molecule has 0 aromatic rings. The average Bonchev–Trinajstić information content (AvgIpc) is 1.94. The maximum atomic E-state index is 8.85. The van der Waals surface area contributed by atoms with Crippen LogP contribution >= 0.6 is 0 Å². The molecule has 2 nitrogen and oxygen atoms in total. The van der Waals surface area contributed by atoms with Gasteiger partial charge in [-0.15, -0.1) is 0 Å². The fourth-order valence-corrected chi connectivity index (χ4v) is 0.487. The van der Waals surface area contributed by atoms with Crippen molar-refractivity contribution in [2.45, 2.75) is 40.2 Å². The van der Waals surface area contributed by atoms with Gasteiger partial charge in [0.25, 0.3) is 0 Å². The van der Waals surface area contributed by atoms with Gasteiger partial charge < -0.3 is 10.4 Å². The van der Waals surface area contributed by atoms with E-state index in [1.54, 1.807) is 0 Å². The molecule has 0 aliphatic carbocycles. The summed E-state index contributed by atoms with van der Waals surface area (Å²) in [6.07, 6.45) is 0. The van der Waals surface area contributed by atoms with Crippen molar-refractivity contribution >= 4 is 0 Å². The molecule has 0 spiro atoms. The summed E-state index contributed by atoms with van der Waals surface area (Å²) >= 11 is 0. The van der Waals surface area contributed by atoms with Crippen LogP contribution in [0.15, 0.2) is 0 Å². The van der Waals surface area contributed by atoms with Gasteiger partial charge in [-0.1, -0.05) is 27.7 Å². The zero-order valence-corrected chi connectivity index (χ0v) is 7.86. The summed E-state index contributed by atoms with van der Waals surface area (Å²) in [4.78, 5) is 0. The first-order valence-electron chi connectivity index (χ1n) is 4.14. The van der Waals surface area contributed by atoms with Crippen LogP contribution in [0.3, 0.4) is 0 Å². The second-order valence-electron chi connectivity index (χ2n) is 2.10. The van der Waals surface area contributed by atoms with Crippen molar-refractivity contribution in [3.63, 3.8) is 0 Å². The molecule has 1 rings (SSSR count). The average molecular weight is 147 g/mol. The van der Waals surface area contributed by atoms with Gasteiger partial charge in [-0.3, -0.25) is 0 Å². The van der Waals surface area contributed by atoms with Crippen molar-refractivity contribution in [2.75, 3.05) is 13.1 Å². The molecule has 0 bridgehead atoms. The Morgan fingerprint density at radius 2 is 1.30 bits per heavy atom. The van der Waals surface area contributed by atoms with E-state index in [9.17, 15) is 0 Å². The minimum atomic E-state index is -0.389. The maximum Gasteiger partial charge on any atom is 0.0867 e. The zero-order chi connectivity index (χ0) is 8.62. The Bertz CT molecular complexity index is 56.3. The SMILES string of the molecule is CC.CC.CC1(O)CNC1. The number of rotatable bonds is 0. The van der Waals surface area contributed by atoms with Gasteiger partial charge in [0.05, 0.1) is 5.60 Å². The summed E-state index contributed by atoms with van der Waals surface area (Å²) in [7, 11) is 0. The fourth-order valence-electron chi connectivity index (χ4n) is 0.487. The molecule has 1 heterocycles. The summed E-state index contributed by atoms with van der Waals surface area (Å²) < 4.78 is 0. The van der Waals surface area contributed by atoms with Crippen molar-refractivity contribution in [3.8, 4) is 0 Å². The summed E-state index contributed by atoms with van der Waals surface area (Å²) in [6.45, 7) is 11.3. The molecule has 1 saturated heterocycles. The third-order valence-corrected chi connectivity index (χ3v) is 1.01. The number of hydrogen-bond donors (Lipinski definition) is 2. The van der Waals surface area contributed by atoms with Gasteiger partial charge in [0.1, 0.15) is 0 Å². The standard InChI is InChI=1S/C4H9NO.2C2H6/c1-4(6)2-5-3-4;2*1-2/h5-6H,2-3H2,1H3;2*1-2H3. The van der Waals surface area contributed by atoms with Gasteiger partial charge in [-0.25, -0.2) is 0 Å².